The molecule has 2 amide bonds. The van der Waals surface area contributed by atoms with Crippen molar-refractivity contribution in [1.29, 1.82) is 0 Å². The van der Waals surface area contributed by atoms with Crippen molar-refractivity contribution in [3.63, 3.8) is 0 Å². The second-order valence-corrected chi connectivity index (χ2v) is 7.15. The van der Waals surface area contributed by atoms with Crippen molar-refractivity contribution >= 4 is 23.2 Å². The topological polar surface area (TPSA) is 49.4 Å². The normalized spacial score (nSPS) is 17.4. The van der Waals surface area contributed by atoms with Gasteiger partial charge in [0.05, 0.1) is 0 Å². The van der Waals surface area contributed by atoms with Crippen molar-refractivity contribution in [2.75, 3.05) is 13.1 Å². The molecule has 3 rings (SSSR count). The number of piperazine rings is 1. The quantitative estimate of drug-likeness (QED) is 0.804. The molecular formula is C19H21FN2O2S. The van der Waals surface area contributed by atoms with E-state index in [-0.39, 0.29) is 17.6 Å². The van der Waals surface area contributed by atoms with Crippen LogP contribution in [-0.2, 0) is 16.0 Å². The molecule has 2 heterocycles. The van der Waals surface area contributed by atoms with Crippen LogP contribution >= 0.6 is 11.3 Å². The van der Waals surface area contributed by atoms with Gasteiger partial charge in [-0.15, -0.1) is 11.3 Å². The SMILES string of the molecule is O=C1NCCN(C(=O)CCCCc2cccs2)C1c1ccc(F)cc1. The van der Waals surface area contributed by atoms with E-state index in [9.17, 15) is 14.0 Å². The molecule has 4 nitrogen and oxygen atoms in total. The lowest BCUT2D eigenvalue weighted by molar-refractivity contribution is -0.143. The predicted octanol–water partition coefficient (Wildman–Crippen LogP) is 3.30. The summed E-state index contributed by atoms with van der Waals surface area (Å²) < 4.78 is 13.1. The van der Waals surface area contributed by atoms with Crippen LogP contribution in [0, 0.1) is 5.82 Å². The first-order chi connectivity index (χ1) is 12.1. The summed E-state index contributed by atoms with van der Waals surface area (Å²) in [6.45, 7) is 0.939. The summed E-state index contributed by atoms with van der Waals surface area (Å²) in [5.41, 5.74) is 0.644. The number of aryl methyl sites for hydroxylation is 1. The molecule has 1 aromatic carbocycles. The number of carbonyl (C=O) groups excluding carboxylic acids is 2. The van der Waals surface area contributed by atoms with E-state index in [4.69, 9.17) is 0 Å². The molecule has 2 aromatic rings. The Morgan fingerprint density at radius 2 is 2.04 bits per heavy atom. The average molecular weight is 360 g/mol. The predicted molar refractivity (Wildman–Crippen MR) is 95.7 cm³/mol. The van der Waals surface area contributed by atoms with Gasteiger partial charge in [0.1, 0.15) is 11.9 Å². The molecule has 1 atom stereocenters. The van der Waals surface area contributed by atoms with Crippen LogP contribution in [0.4, 0.5) is 4.39 Å². The lowest BCUT2D eigenvalue weighted by Gasteiger charge is -2.35. The maximum atomic E-state index is 13.1. The first-order valence-electron chi connectivity index (χ1n) is 8.50. The Labute approximate surface area is 150 Å². The average Bonchev–Trinajstić information content (AvgIpc) is 3.13. The van der Waals surface area contributed by atoms with Gasteiger partial charge in [-0.1, -0.05) is 18.2 Å². The maximum Gasteiger partial charge on any atom is 0.247 e. The highest BCUT2D eigenvalue weighted by Gasteiger charge is 2.33. The fraction of sp³-hybridized carbons (Fsp3) is 0.368. The Balaban J connectivity index is 1.60. The van der Waals surface area contributed by atoms with Crippen molar-refractivity contribution < 1.29 is 14.0 Å². The van der Waals surface area contributed by atoms with Crippen molar-refractivity contribution in [1.82, 2.24) is 10.2 Å². The number of nitrogens with one attached hydrogen (secondary N) is 1. The van der Waals surface area contributed by atoms with Crippen LogP contribution in [0.1, 0.15) is 35.7 Å². The third kappa shape index (κ3) is 4.45. The van der Waals surface area contributed by atoms with Crippen LogP contribution in [-0.4, -0.2) is 29.8 Å². The van der Waals surface area contributed by atoms with Gasteiger partial charge in [-0.3, -0.25) is 9.59 Å². The Kier molecular flexibility index (Phi) is 5.81. The van der Waals surface area contributed by atoms with E-state index in [1.165, 1.54) is 17.0 Å². The molecule has 0 saturated carbocycles. The van der Waals surface area contributed by atoms with Crippen LogP contribution in [0.3, 0.4) is 0 Å². The van der Waals surface area contributed by atoms with Gasteiger partial charge in [-0.05, 0) is 48.4 Å². The molecular weight excluding hydrogens is 339 g/mol. The first kappa shape index (κ1) is 17.6. The third-order valence-corrected chi connectivity index (χ3v) is 5.30. The number of carbonyl (C=O) groups is 2. The monoisotopic (exact) mass is 360 g/mol. The van der Waals surface area contributed by atoms with Crippen LogP contribution in [0.25, 0.3) is 0 Å². The minimum atomic E-state index is -0.667. The van der Waals surface area contributed by atoms with Gasteiger partial charge >= 0.3 is 0 Å². The van der Waals surface area contributed by atoms with Crippen LogP contribution in [0.15, 0.2) is 41.8 Å². The van der Waals surface area contributed by atoms with E-state index < -0.39 is 6.04 Å². The minimum Gasteiger partial charge on any atom is -0.352 e. The largest absolute Gasteiger partial charge is 0.352 e. The molecule has 1 aliphatic heterocycles. The molecule has 1 aromatic heterocycles. The number of thiophene rings is 1. The lowest BCUT2D eigenvalue weighted by atomic mass is 10.0. The second kappa shape index (κ2) is 8.25. The number of halogens is 1. The summed E-state index contributed by atoms with van der Waals surface area (Å²) in [5.74, 6) is -0.577. The van der Waals surface area contributed by atoms with Crippen molar-refractivity contribution in [2.24, 2.45) is 0 Å². The number of rotatable bonds is 6. The van der Waals surface area contributed by atoms with Crippen LogP contribution in [0.5, 0.6) is 0 Å². The molecule has 1 saturated heterocycles. The summed E-state index contributed by atoms with van der Waals surface area (Å²) in [4.78, 5) is 27.9. The molecule has 132 valence electrons. The van der Waals surface area contributed by atoms with E-state index in [0.717, 1.165) is 19.3 Å². The number of nitrogens with zero attached hydrogens (tertiary/aromatic N) is 1. The van der Waals surface area contributed by atoms with Gasteiger partial charge in [0.15, 0.2) is 0 Å². The van der Waals surface area contributed by atoms with Gasteiger partial charge in [-0.25, -0.2) is 4.39 Å². The van der Waals surface area contributed by atoms with Gasteiger partial charge in [0, 0.05) is 24.4 Å². The van der Waals surface area contributed by atoms with Gasteiger partial charge < -0.3 is 10.2 Å². The Hall–Kier alpha value is -2.21. The highest BCUT2D eigenvalue weighted by Crippen LogP contribution is 2.25. The Morgan fingerprint density at radius 1 is 1.24 bits per heavy atom. The van der Waals surface area contributed by atoms with Crippen molar-refractivity contribution in [3.8, 4) is 0 Å². The van der Waals surface area contributed by atoms with Gasteiger partial charge in [-0.2, -0.15) is 0 Å². The molecule has 0 aliphatic carbocycles. The Morgan fingerprint density at radius 3 is 2.76 bits per heavy atom. The fourth-order valence-electron chi connectivity index (χ4n) is 3.09. The van der Waals surface area contributed by atoms with Crippen molar-refractivity contribution in [3.05, 3.63) is 58.0 Å². The van der Waals surface area contributed by atoms with Gasteiger partial charge in [0.25, 0.3) is 0 Å². The molecule has 1 fully saturated rings. The molecule has 0 bridgehead atoms. The molecule has 1 aliphatic rings. The zero-order valence-electron chi connectivity index (χ0n) is 13.9. The highest BCUT2D eigenvalue weighted by atomic mass is 32.1. The number of hydrogen-bond acceptors (Lipinski definition) is 3. The van der Waals surface area contributed by atoms with E-state index in [1.807, 2.05) is 6.07 Å². The Bertz CT molecular complexity index is 716. The molecule has 1 N–H and O–H groups in total. The van der Waals surface area contributed by atoms with E-state index in [0.29, 0.717) is 25.1 Å². The maximum absolute atomic E-state index is 13.1. The van der Waals surface area contributed by atoms with Crippen LogP contribution in [0.2, 0.25) is 0 Å². The highest BCUT2D eigenvalue weighted by molar-refractivity contribution is 7.09. The third-order valence-electron chi connectivity index (χ3n) is 4.36. The standard InChI is InChI=1S/C19H21FN2O2S/c20-15-9-7-14(8-10-15)18-19(24)21-11-12-22(18)17(23)6-2-1-4-16-5-3-13-25-16/h3,5,7-10,13,18H,1-2,4,6,11-12H2,(H,21,24). The summed E-state index contributed by atoms with van der Waals surface area (Å²) in [6, 6.07) is 9.25. The summed E-state index contributed by atoms with van der Waals surface area (Å²) in [6.07, 6.45) is 3.15. The van der Waals surface area contributed by atoms with Crippen LogP contribution < -0.4 is 5.32 Å². The van der Waals surface area contributed by atoms with Crippen molar-refractivity contribution in [2.45, 2.75) is 31.7 Å². The molecule has 1 unspecified atom stereocenters. The molecule has 6 heteroatoms. The molecule has 0 spiro atoms. The summed E-state index contributed by atoms with van der Waals surface area (Å²) in [7, 11) is 0. The number of unbranched alkanes of at least 4 members (excludes halogenated alkanes) is 1. The van der Waals surface area contributed by atoms with E-state index in [1.54, 1.807) is 28.4 Å². The molecule has 0 radical (unpaired) electrons. The second-order valence-electron chi connectivity index (χ2n) is 6.12. The van der Waals surface area contributed by atoms with E-state index >= 15 is 0 Å². The van der Waals surface area contributed by atoms with E-state index in [2.05, 4.69) is 16.8 Å². The molecule has 25 heavy (non-hydrogen) atoms. The summed E-state index contributed by atoms with van der Waals surface area (Å²) in [5, 5.41) is 4.85. The number of hydrogen-bond donors (Lipinski definition) is 1. The number of amides is 2. The smallest absolute Gasteiger partial charge is 0.247 e. The lowest BCUT2D eigenvalue weighted by Crippen LogP contribution is -2.52. The number of benzene rings is 1. The fourth-order valence-corrected chi connectivity index (χ4v) is 3.84. The van der Waals surface area contributed by atoms with Gasteiger partial charge in [0.2, 0.25) is 11.8 Å². The zero-order valence-corrected chi connectivity index (χ0v) is 14.7. The summed E-state index contributed by atoms with van der Waals surface area (Å²) >= 11 is 1.73. The first-order valence-corrected chi connectivity index (χ1v) is 9.38. The minimum absolute atomic E-state index is 0.0182. The zero-order chi connectivity index (χ0) is 17.6.